The number of nitrogens with one attached hydrogen (secondary N) is 2. The van der Waals surface area contributed by atoms with Gasteiger partial charge in [0.15, 0.2) is 0 Å². The Bertz CT molecular complexity index is 1030. The summed E-state index contributed by atoms with van der Waals surface area (Å²) in [5.74, 6) is 0.810. The third kappa shape index (κ3) is 4.44. The number of hydrogen-bond donors (Lipinski definition) is 2. The van der Waals surface area contributed by atoms with Gasteiger partial charge in [-0.15, -0.1) is 0 Å². The molecule has 28 heavy (non-hydrogen) atoms. The van der Waals surface area contributed by atoms with E-state index in [-0.39, 0.29) is 5.69 Å². The average Bonchev–Trinajstić information content (AvgIpc) is 3.20. The zero-order valence-corrected chi connectivity index (χ0v) is 16.5. The minimum Gasteiger partial charge on any atom is -0.497 e. The van der Waals surface area contributed by atoms with E-state index in [9.17, 15) is 4.79 Å². The Labute approximate surface area is 171 Å². The molecule has 0 aliphatic carbocycles. The second kappa shape index (κ2) is 8.77. The lowest BCUT2D eigenvalue weighted by atomic mass is 10.1. The van der Waals surface area contributed by atoms with Crippen LogP contribution in [-0.2, 0) is 0 Å². The molecule has 144 valence electrons. The molecule has 1 amide bonds. The van der Waals surface area contributed by atoms with Crippen molar-refractivity contribution in [1.29, 1.82) is 0 Å². The molecule has 0 spiro atoms. The third-order valence-electron chi connectivity index (χ3n) is 3.83. The Hall–Kier alpha value is -3.03. The molecule has 0 saturated heterocycles. The van der Waals surface area contributed by atoms with Crippen LogP contribution < -0.4 is 14.9 Å². The summed E-state index contributed by atoms with van der Waals surface area (Å²) in [4.78, 5) is 12.3. The van der Waals surface area contributed by atoms with Crippen LogP contribution in [0, 0.1) is 0 Å². The number of rotatable bonds is 6. The van der Waals surface area contributed by atoms with E-state index in [2.05, 4.69) is 20.7 Å². The summed E-state index contributed by atoms with van der Waals surface area (Å²) in [7, 11) is 3.13. The van der Waals surface area contributed by atoms with Crippen LogP contribution in [0.1, 0.15) is 16.1 Å². The van der Waals surface area contributed by atoms with Gasteiger partial charge in [0.05, 0.1) is 36.2 Å². The molecule has 1 heterocycles. The van der Waals surface area contributed by atoms with E-state index in [0.717, 1.165) is 0 Å². The van der Waals surface area contributed by atoms with Gasteiger partial charge in [-0.05, 0) is 42.0 Å². The number of benzene rings is 2. The smallest absolute Gasteiger partial charge is 0.289 e. The van der Waals surface area contributed by atoms with Crippen molar-refractivity contribution in [2.75, 3.05) is 14.2 Å². The highest BCUT2D eigenvalue weighted by molar-refractivity contribution is 6.42. The Kier molecular flexibility index (Phi) is 6.18. The van der Waals surface area contributed by atoms with Gasteiger partial charge in [-0.1, -0.05) is 29.3 Å². The van der Waals surface area contributed by atoms with Gasteiger partial charge in [0.25, 0.3) is 5.91 Å². The number of aromatic nitrogens is 2. The molecule has 7 nitrogen and oxygen atoms in total. The Morgan fingerprint density at radius 1 is 1.11 bits per heavy atom. The highest BCUT2D eigenvalue weighted by Crippen LogP contribution is 2.32. The zero-order valence-electron chi connectivity index (χ0n) is 15.0. The molecule has 9 heteroatoms. The van der Waals surface area contributed by atoms with Gasteiger partial charge in [0, 0.05) is 5.56 Å². The van der Waals surface area contributed by atoms with E-state index in [1.807, 2.05) is 0 Å². The number of ether oxygens (including phenoxy) is 2. The average molecular weight is 419 g/mol. The summed E-state index contributed by atoms with van der Waals surface area (Å²) in [5.41, 5.74) is 4.59. The number of hydrazone groups is 1. The van der Waals surface area contributed by atoms with Crippen molar-refractivity contribution in [3.8, 4) is 22.8 Å². The molecule has 3 aromatic rings. The number of nitrogens with zero attached hydrogens (tertiary/aromatic N) is 2. The molecular formula is C19H16Cl2N4O3. The molecule has 0 aliphatic heterocycles. The first-order chi connectivity index (χ1) is 13.5. The van der Waals surface area contributed by atoms with Crippen molar-refractivity contribution in [2.45, 2.75) is 0 Å². The monoisotopic (exact) mass is 418 g/mol. The molecule has 0 radical (unpaired) electrons. The third-order valence-corrected chi connectivity index (χ3v) is 4.57. The molecule has 3 rings (SSSR count). The fraction of sp³-hybridized carbons (Fsp3) is 0.105. The summed E-state index contributed by atoms with van der Waals surface area (Å²) in [6.45, 7) is 0. The van der Waals surface area contributed by atoms with Crippen LogP contribution in [0.5, 0.6) is 11.5 Å². The maximum atomic E-state index is 12.3. The minimum atomic E-state index is -0.447. The molecule has 2 N–H and O–H groups in total. The topological polar surface area (TPSA) is 88.6 Å². The number of carbonyl (C=O) groups excluding carboxylic acids is 1. The van der Waals surface area contributed by atoms with E-state index in [0.29, 0.717) is 38.4 Å². The van der Waals surface area contributed by atoms with Crippen molar-refractivity contribution in [3.05, 3.63) is 63.8 Å². The number of H-pyrrole nitrogens is 1. The standard InChI is InChI=1S/C19H16Cl2N4O3/c1-27-12-4-6-18(28-2)13(8-12)16-9-17(24-23-16)19(26)25-22-10-11-3-5-14(20)15(21)7-11/h3-10H,1-2H3,(H,23,24)(H,25,26). The number of aromatic amines is 1. The SMILES string of the molecule is COc1ccc(OC)c(-c2cc(C(=O)NN=Cc3ccc(Cl)c(Cl)c3)[nH]n2)c1. The van der Waals surface area contributed by atoms with Gasteiger partial charge >= 0.3 is 0 Å². The predicted molar refractivity (Wildman–Crippen MR) is 109 cm³/mol. The van der Waals surface area contributed by atoms with Gasteiger partial charge in [0.1, 0.15) is 17.2 Å². The number of hydrogen-bond acceptors (Lipinski definition) is 5. The van der Waals surface area contributed by atoms with Crippen molar-refractivity contribution < 1.29 is 14.3 Å². The number of methoxy groups -OCH3 is 2. The summed E-state index contributed by atoms with van der Waals surface area (Å²) >= 11 is 11.8. The molecule has 0 aliphatic rings. The zero-order chi connectivity index (χ0) is 20.1. The van der Waals surface area contributed by atoms with E-state index in [4.69, 9.17) is 32.7 Å². The Morgan fingerprint density at radius 2 is 1.93 bits per heavy atom. The lowest BCUT2D eigenvalue weighted by molar-refractivity contribution is 0.0950. The normalized spacial score (nSPS) is 10.9. The van der Waals surface area contributed by atoms with Gasteiger partial charge in [-0.2, -0.15) is 10.2 Å². The van der Waals surface area contributed by atoms with Crippen LogP contribution in [0.3, 0.4) is 0 Å². The van der Waals surface area contributed by atoms with E-state index < -0.39 is 5.91 Å². The van der Waals surface area contributed by atoms with E-state index >= 15 is 0 Å². The molecule has 0 saturated carbocycles. The Balaban J connectivity index is 1.74. The van der Waals surface area contributed by atoms with Crippen molar-refractivity contribution in [2.24, 2.45) is 5.10 Å². The highest BCUT2D eigenvalue weighted by Gasteiger charge is 2.14. The summed E-state index contributed by atoms with van der Waals surface area (Å²) in [6.07, 6.45) is 1.46. The minimum absolute atomic E-state index is 0.242. The van der Waals surface area contributed by atoms with Crippen LogP contribution in [0.4, 0.5) is 0 Å². The van der Waals surface area contributed by atoms with Gasteiger partial charge in [-0.3, -0.25) is 9.89 Å². The molecule has 0 atom stereocenters. The lowest BCUT2D eigenvalue weighted by Gasteiger charge is -2.08. The summed E-state index contributed by atoms with van der Waals surface area (Å²) in [5, 5.41) is 11.6. The summed E-state index contributed by atoms with van der Waals surface area (Å²) in [6, 6.07) is 11.9. The number of carbonyl (C=O) groups is 1. The van der Waals surface area contributed by atoms with Crippen LogP contribution >= 0.6 is 23.2 Å². The fourth-order valence-corrected chi connectivity index (χ4v) is 2.72. The Morgan fingerprint density at radius 3 is 2.64 bits per heavy atom. The largest absolute Gasteiger partial charge is 0.497 e. The van der Waals surface area contributed by atoms with Gasteiger partial charge < -0.3 is 9.47 Å². The first-order valence-corrected chi connectivity index (χ1v) is 8.83. The fourth-order valence-electron chi connectivity index (χ4n) is 2.41. The van der Waals surface area contributed by atoms with Crippen molar-refractivity contribution >= 4 is 35.3 Å². The summed E-state index contributed by atoms with van der Waals surface area (Å²) < 4.78 is 10.6. The van der Waals surface area contributed by atoms with E-state index in [1.54, 1.807) is 56.7 Å². The molecular weight excluding hydrogens is 403 g/mol. The number of amides is 1. The molecule has 2 aromatic carbocycles. The second-order valence-corrected chi connectivity index (χ2v) is 6.42. The maximum absolute atomic E-state index is 12.3. The van der Waals surface area contributed by atoms with E-state index in [1.165, 1.54) is 6.21 Å². The molecule has 0 unspecified atom stereocenters. The van der Waals surface area contributed by atoms with Crippen LogP contribution in [0.25, 0.3) is 11.3 Å². The van der Waals surface area contributed by atoms with Crippen LogP contribution in [-0.4, -0.2) is 36.5 Å². The molecule has 1 aromatic heterocycles. The van der Waals surface area contributed by atoms with Crippen molar-refractivity contribution in [3.63, 3.8) is 0 Å². The van der Waals surface area contributed by atoms with Gasteiger partial charge in [-0.25, -0.2) is 5.43 Å². The molecule has 0 bridgehead atoms. The number of halogens is 2. The first-order valence-electron chi connectivity index (χ1n) is 8.08. The first kappa shape index (κ1) is 19.7. The van der Waals surface area contributed by atoms with Crippen LogP contribution in [0.15, 0.2) is 47.6 Å². The highest BCUT2D eigenvalue weighted by atomic mass is 35.5. The second-order valence-electron chi connectivity index (χ2n) is 5.61. The quantitative estimate of drug-likeness (QED) is 0.464. The maximum Gasteiger partial charge on any atom is 0.289 e. The van der Waals surface area contributed by atoms with Gasteiger partial charge in [0.2, 0.25) is 0 Å². The lowest BCUT2D eigenvalue weighted by Crippen LogP contribution is -2.18. The molecule has 0 fully saturated rings. The predicted octanol–water partition coefficient (Wildman–Crippen LogP) is 4.16. The van der Waals surface area contributed by atoms with Crippen molar-refractivity contribution in [1.82, 2.24) is 15.6 Å². The van der Waals surface area contributed by atoms with Crippen LogP contribution in [0.2, 0.25) is 10.0 Å².